The first-order chi connectivity index (χ1) is 8.31. The summed E-state index contributed by atoms with van der Waals surface area (Å²) < 4.78 is 0. The molecule has 3 heteroatoms. The van der Waals surface area contributed by atoms with E-state index in [0.717, 1.165) is 19.5 Å². The van der Waals surface area contributed by atoms with Crippen molar-refractivity contribution in [3.63, 3.8) is 0 Å². The summed E-state index contributed by atoms with van der Waals surface area (Å²) in [6.45, 7) is 6.28. The van der Waals surface area contributed by atoms with Gasteiger partial charge in [0.15, 0.2) is 0 Å². The summed E-state index contributed by atoms with van der Waals surface area (Å²) in [4.78, 5) is 5.66. The lowest BCUT2D eigenvalue weighted by Crippen LogP contribution is -2.13. The topological polar surface area (TPSA) is 24.9 Å². The van der Waals surface area contributed by atoms with Crippen LogP contribution in [0.3, 0.4) is 0 Å². The van der Waals surface area contributed by atoms with Crippen LogP contribution in [0, 0.1) is 6.92 Å². The molecule has 0 radical (unpaired) electrons. The maximum Gasteiger partial charge on any atom is 0.0387 e. The Morgan fingerprint density at radius 3 is 2.94 bits per heavy atom. The van der Waals surface area contributed by atoms with E-state index in [4.69, 9.17) is 0 Å². The molecule has 0 saturated heterocycles. The van der Waals surface area contributed by atoms with Crippen LogP contribution in [-0.4, -0.2) is 11.5 Å². The van der Waals surface area contributed by atoms with Gasteiger partial charge in [0, 0.05) is 29.4 Å². The molecule has 0 fully saturated rings. The average Bonchev–Trinajstić information content (AvgIpc) is 2.76. The third kappa shape index (κ3) is 3.14. The van der Waals surface area contributed by atoms with Crippen LogP contribution >= 0.6 is 11.3 Å². The fraction of sp³-hybridized carbons (Fsp3) is 0.357. The van der Waals surface area contributed by atoms with Gasteiger partial charge in [-0.05, 0) is 48.5 Å². The van der Waals surface area contributed by atoms with E-state index in [2.05, 4.69) is 41.7 Å². The van der Waals surface area contributed by atoms with Gasteiger partial charge in [-0.25, -0.2) is 0 Å². The SMILES string of the molecule is CCCNCc1cncc(-c2sccc2C)c1. The Hall–Kier alpha value is -1.19. The Bertz CT molecular complexity index is 477. The highest BCUT2D eigenvalue weighted by atomic mass is 32.1. The van der Waals surface area contributed by atoms with E-state index < -0.39 is 0 Å². The van der Waals surface area contributed by atoms with E-state index in [9.17, 15) is 0 Å². The molecule has 0 unspecified atom stereocenters. The number of aryl methyl sites for hydroxylation is 1. The molecule has 0 amide bonds. The molecule has 0 aliphatic rings. The summed E-state index contributed by atoms with van der Waals surface area (Å²) in [7, 11) is 0. The largest absolute Gasteiger partial charge is 0.313 e. The molecule has 17 heavy (non-hydrogen) atoms. The van der Waals surface area contributed by atoms with Crippen molar-refractivity contribution in [3.8, 4) is 10.4 Å². The Balaban J connectivity index is 2.14. The van der Waals surface area contributed by atoms with Crippen molar-refractivity contribution in [1.82, 2.24) is 10.3 Å². The normalized spacial score (nSPS) is 10.7. The van der Waals surface area contributed by atoms with Crippen molar-refractivity contribution >= 4 is 11.3 Å². The molecule has 2 aromatic rings. The quantitative estimate of drug-likeness (QED) is 0.815. The van der Waals surface area contributed by atoms with E-state index in [-0.39, 0.29) is 0 Å². The smallest absolute Gasteiger partial charge is 0.0387 e. The molecule has 0 aromatic carbocycles. The van der Waals surface area contributed by atoms with Crippen LogP contribution in [0.1, 0.15) is 24.5 Å². The van der Waals surface area contributed by atoms with Crippen LogP contribution in [0.15, 0.2) is 29.9 Å². The molecule has 0 bridgehead atoms. The van der Waals surface area contributed by atoms with E-state index in [1.165, 1.54) is 21.6 Å². The van der Waals surface area contributed by atoms with Crippen molar-refractivity contribution < 1.29 is 0 Å². The lowest BCUT2D eigenvalue weighted by molar-refractivity contribution is 0.674. The zero-order valence-electron chi connectivity index (χ0n) is 10.4. The second-order valence-corrected chi connectivity index (χ2v) is 5.11. The first-order valence-corrected chi connectivity index (χ1v) is 6.88. The first kappa shape index (κ1) is 12.3. The van der Waals surface area contributed by atoms with Gasteiger partial charge in [0.1, 0.15) is 0 Å². The minimum absolute atomic E-state index is 0.902. The van der Waals surface area contributed by atoms with Crippen molar-refractivity contribution in [2.24, 2.45) is 0 Å². The molecule has 0 aliphatic heterocycles. The van der Waals surface area contributed by atoms with Gasteiger partial charge in [-0.1, -0.05) is 6.92 Å². The van der Waals surface area contributed by atoms with E-state index >= 15 is 0 Å². The fourth-order valence-electron chi connectivity index (χ4n) is 1.79. The molecule has 2 heterocycles. The number of hydrogen-bond donors (Lipinski definition) is 1. The Morgan fingerprint density at radius 1 is 1.35 bits per heavy atom. The first-order valence-electron chi connectivity index (χ1n) is 6.00. The average molecular weight is 246 g/mol. The number of hydrogen-bond acceptors (Lipinski definition) is 3. The van der Waals surface area contributed by atoms with Gasteiger partial charge in [-0.2, -0.15) is 0 Å². The van der Waals surface area contributed by atoms with Crippen LogP contribution < -0.4 is 5.32 Å². The fourth-order valence-corrected chi connectivity index (χ4v) is 2.70. The minimum Gasteiger partial charge on any atom is -0.313 e. The molecular weight excluding hydrogens is 228 g/mol. The maximum atomic E-state index is 4.33. The van der Waals surface area contributed by atoms with E-state index in [0.29, 0.717) is 0 Å². The minimum atomic E-state index is 0.902. The van der Waals surface area contributed by atoms with Crippen molar-refractivity contribution in [1.29, 1.82) is 0 Å². The van der Waals surface area contributed by atoms with Gasteiger partial charge in [0.25, 0.3) is 0 Å². The highest BCUT2D eigenvalue weighted by Gasteiger charge is 2.04. The van der Waals surface area contributed by atoms with E-state index in [1.807, 2.05) is 12.4 Å². The van der Waals surface area contributed by atoms with Crippen LogP contribution in [-0.2, 0) is 6.54 Å². The lowest BCUT2D eigenvalue weighted by atomic mass is 10.1. The third-order valence-electron chi connectivity index (χ3n) is 2.68. The van der Waals surface area contributed by atoms with Gasteiger partial charge in [0.05, 0.1) is 0 Å². The second kappa shape index (κ2) is 5.94. The Labute approximate surface area is 107 Å². The maximum absolute atomic E-state index is 4.33. The lowest BCUT2D eigenvalue weighted by Gasteiger charge is -2.05. The third-order valence-corrected chi connectivity index (χ3v) is 3.74. The predicted molar refractivity (Wildman–Crippen MR) is 74.3 cm³/mol. The molecule has 1 N–H and O–H groups in total. The molecule has 2 nitrogen and oxygen atoms in total. The van der Waals surface area contributed by atoms with Crippen LogP contribution in [0.4, 0.5) is 0 Å². The highest BCUT2D eigenvalue weighted by Crippen LogP contribution is 2.28. The summed E-state index contributed by atoms with van der Waals surface area (Å²) in [5.41, 5.74) is 3.81. The Morgan fingerprint density at radius 2 is 2.24 bits per heavy atom. The number of rotatable bonds is 5. The highest BCUT2D eigenvalue weighted by molar-refractivity contribution is 7.13. The number of thiophene rings is 1. The summed E-state index contributed by atoms with van der Waals surface area (Å²) in [6.07, 6.45) is 5.05. The molecule has 90 valence electrons. The van der Waals surface area contributed by atoms with Gasteiger partial charge in [0.2, 0.25) is 0 Å². The van der Waals surface area contributed by atoms with Crippen molar-refractivity contribution in [3.05, 3.63) is 41.0 Å². The van der Waals surface area contributed by atoms with Gasteiger partial charge >= 0.3 is 0 Å². The summed E-state index contributed by atoms with van der Waals surface area (Å²) in [6, 6.07) is 4.39. The number of aromatic nitrogens is 1. The Kier molecular flexibility index (Phi) is 4.29. The molecule has 0 atom stereocenters. The van der Waals surface area contributed by atoms with E-state index in [1.54, 1.807) is 11.3 Å². The molecule has 2 aromatic heterocycles. The number of nitrogens with zero attached hydrogens (tertiary/aromatic N) is 1. The summed E-state index contributed by atoms with van der Waals surface area (Å²) >= 11 is 1.78. The van der Waals surface area contributed by atoms with Crippen LogP contribution in [0.2, 0.25) is 0 Å². The molecule has 0 saturated carbocycles. The molecule has 0 aliphatic carbocycles. The summed E-state index contributed by atoms with van der Waals surface area (Å²) in [5, 5.41) is 5.53. The molecule has 2 rings (SSSR count). The molecule has 0 spiro atoms. The second-order valence-electron chi connectivity index (χ2n) is 4.19. The number of nitrogens with one attached hydrogen (secondary N) is 1. The van der Waals surface area contributed by atoms with Crippen LogP contribution in [0.25, 0.3) is 10.4 Å². The molecular formula is C14H18N2S. The standard InChI is InChI=1S/C14H18N2S/c1-3-5-15-8-12-7-13(10-16-9-12)14-11(2)4-6-17-14/h4,6-7,9-10,15H,3,5,8H2,1-2H3. The van der Waals surface area contributed by atoms with Crippen molar-refractivity contribution in [2.75, 3.05) is 6.54 Å². The zero-order valence-corrected chi connectivity index (χ0v) is 11.2. The van der Waals surface area contributed by atoms with Gasteiger partial charge < -0.3 is 5.32 Å². The van der Waals surface area contributed by atoms with Gasteiger partial charge in [-0.3, -0.25) is 4.98 Å². The van der Waals surface area contributed by atoms with Crippen molar-refractivity contribution in [2.45, 2.75) is 26.8 Å². The summed E-state index contributed by atoms with van der Waals surface area (Å²) in [5.74, 6) is 0. The van der Waals surface area contributed by atoms with Gasteiger partial charge in [-0.15, -0.1) is 11.3 Å². The van der Waals surface area contributed by atoms with Crippen LogP contribution in [0.5, 0.6) is 0 Å². The number of pyridine rings is 1. The predicted octanol–water partition coefficient (Wildman–Crippen LogP) is 3.62. The zero-order chi connectivity index (χ0) is 12.1. The monoisotopic (exact) mass is 246 g/mol.